The quantitative estimate of drug-likeness (QED) is 0.778. The van der Waals surface area contributed by atoms with Crippen LogP contribution < -0.4 is 0 Å². The fourth-order valence-electron chi connectivity index (χ4n) is 2.99. The molecule has 23 heavy (non-hydrogen) atoms. The van der Waals surface area contributed by atoms with Gasteiger partial charge in [-0.2, -0.15) is 0 Å². The number of carbonyl (C=O) groups is 2. The number of hydrogen-bond acceptors (Lipinski definition) is 4. The minimum atomic E-state index is -0.186. The van der Waals surface area contributed by atoms with Crippen LogP contribution in [0.25, 0.3) is 0 Å². The maximum Gasteiger partial charge on any atom is 0.307 e. The number of carbonyl (C=O) groups excluding carboxylic acids is 2. The Balaban J connectivity index is 1.86. The lowest BCUT2D eigenvalue weighted by Crippen LogP contribution is -2.52. The van der Waals surface area contributed by atoms with Gasteiger partial charge in [0.15, 0.2) is 0 Å². The third-order valence-corrected chi connectivity index (χ3v) is 4.61. The summed E-state index contributed by atoms with van der Waals surface area (Å²) >= 11 is 0. The van der Waals surface area contributed by atoms with E-state index in [0.717, 1.165) is 18.7 Å². The number of amides is 1. The van der Waals surface area contributed by atoms with Crippen molar-refractivity contribution in [1.29, 1.82) is 0 Å². The number of hydrogen-bond donors (Lipinski definition) is 0. The molecule has 0 radical (unpaired) electrons. The van der Waals surface area contributed by atoms with Crippen LogP contribution in [0, 0.1) is 0 Å². The van der Waals surface area contributed by atoms with Gasteiger partial charge < -0.3 is 9.64 Å². The third kappa shape index (κ3) is 4.55. The van der Waals surface area contributed by atoms with E-state index in [-0.39, 0.29) is 23.8 Å². The number of benzene rings is 1. The lowest BCUT2D eigenvalue weighted by Gasteiger charge is -2.38. The molecule has 0 saturated carbocycles. The average Bonchev–Trinajstić information content (AvgIpc) is 2.61. The normalized spacial score (nSPS) is 18.3. The zero-order chi connectivity index (χ0) is 16.8. The predicted molar refractivity (Wildman–Crippen MR) is 89.1 cm³/mol. The minimum absolute atomic E-state index is 0.116. The molecule has 0 spiro atoms. The zero-order valence-electron chi connectivity index (χ0n) is 14.2. The van der Waals surface area contributed by atoms with Gasteiger partial charge in [-0.1, -0.05) is 30.3 Å². The first-order valence-corrected chi connectivity index (χ1v) is 8.17. The van der Waals surface area contributed by atoms with Gasteiger partial charge in [0, 0.05) is 32.2 Å². The Labute approximate surface area is 138 Å². The second-order valence-electron chi connectivity index (χ2n) is 6.12. The van der Waals surface area contributed by atoms with Crippen LogP contribution in [-0.2, 0) is 14.3 Å². The molecule has 1 aromatic carbocycles. The van der Waals surface area contributed by atoms with Gasteiger partial charge in [-0.25, -0.2) is 0 Å². The van der Waals surface area contributed by atoms with Crippen LogP contribution in [0.2, 0.25) is 0 Å². The highest BCUT2D eigenvalue weighted by Gasteiger charge is 2.28. The summed E-state index contributed by atoms with van der Waals surface area (Å²) in [6.45, 7) is 7.00. The lowest BCUT2D eigenvalue weighted by molar-refractivity contribution is -0.143. The second-order valence-corrected chi connectivity index (χ2v) is 6.12. The standard InChI is InChI=1S/C18H26N2O3/c1-14(13-17(21)23-3)19-9-11-20(12-10-19)18(22)15(2)16-7-5-4-6-8-16/h4-8,14-15H,9-13H2,1-3H3/t14-,15+/m1/s1. The minimum Gasteiger partial charge on any atom is -0.469 e. The predicted octanol–water partition coefficient (Wildman–Crippen LogP) is 1.89. The van der Waals surface area contributed by atoms with Crippen LogP contribution >= 0.6 is 0 Å². The molecular formula is C18H26N2O3. The maximum atomic E-state index is 12.6. The van der Waals surface area contributed by atoms with Crippen LogP contribution in [0.4, 0.5) is 0 Å². The highest BCUT2D eigenvalue weighted by Crippen LogP contribution is 2.19. The summed E-state index contributed by atoms with van der Waals surface area (Å²) in [6, 6.07) is 10.0. The molecule has 126 valence electrons. The molecule has 5 nitrogen and oxygen atoms in total. The van der Waals surface area contributed by atoms with Gasteiger partial charge in [0.05, 0.1) is 19.4 Å². The number of methoxy groups -OCH3 is 1. The highest BCUT2D eigenvalue weighted by molar-refractivity contribution is 5.83. The molecule has 2 atom stereocenters. The molecule has 1 fully saturated rings. The molecule has 0 N–H and O–H groups in total. The van der Waals surface area contributed by atoms with E-state index in [9.17, 15) is 9.59 Å². The molecule has 1 aliphatic heterocycles. The first-order chi connectivity index (χ1) is 11.0. The molecular weight excluding hydrogens is 292 g/mol. The van der Waals surface area contributed by atoms with Crippen LogP contribution in [0.15, 0.2) is 30.3 Å². The number of piperazine rings is 1. The number of ether oxygens (including phenoxy) is 1. The fraction of sp³-hybridized carbons (Fsp3) is 0.556. The van der Waals surface area contributed by atoms with E-state index in [4.69, 9.17) is 4.74 Å². The summed E-state index contributed by atoms with van der Waals surface area (Å²) in [6.07, 6.45) is 0.394. The van der Waals surface area contributed by atoms with E-state index >= 15 is 0 Å². The Kier molecular flexibility index (Phi) is 6.16. The summed E-state index contributed by atoms with van der Waals surface area (Å²) < 4.78 is 4.72. The molecule has 5 heteroatoms. The first kappa shape index (κ1) is 17.5. The lowest BCUT2D eigenvalue weighted by atomic mass is 9.99. The molecule has 1 aliphatic rings. The Morgan fingerprint density at radius 1 is 1.09 bits per heavy atom. The smallest absolute Gasteiger partial charge is 0.307 e. The summed E-state index contributed by atoms with van der Waals surface area (Å²) in [4.78, 5) is 28.2. The summed E-state index contributed by atoms with van der Waals surface area (Å²) in [7, 11) is 1.41. The first-order valence-electron chi connectivity index (χ1n) is 8.17. The van der Waals surface area contributed by atoms with Gasteiger partial charge in [-0.05, 0) is 19.4 Å². The number of nitrogens with zero attached hydrogens (tertiary/aromatic N) is 2. The summed E-state index contributed by atoms with van der Waals surface area (Å²) in [5, 5.41) is 0. The van der Waals surface area contributed by atoms with E-state index in [0.29, 0.717) is 19.5 Å². The molecule has 0 aromatic heterocycles. The van der Waals surface area contributed by atoms with Gasteiger partial charge in [0.25, 0.3) is 0 Å². The van der Waals surface area contributed by atoms with Crippen LogP contribution in [0.3, 0.4) is 0 Å². The maximum absolute atomic E-state index is 12.6. The Hall–Kier alpha value is -1.88. The van der Waals surface area contributed by atoms with E-state index in [1.165, 1.54) is 7.11 Å². The molecule has 1 saturated heterocycles. The van der Waals surface area contributed by atoms with E-state index in [1.807, 2.05) is 49.1 Å². The van der Waals surface area contributed by atoms with Crippen LogP contribution in [-0.4, -0.2) is 61.0 Å². The average molecular weight is 318 g/mol. The van der Waals surface area contributed by atoms with Gasteiger partial charge in [-0.3, -0.25) is 14.5 Å². The van der Waals surface area contributed by atoms with Gasteiger partial charge >= 0.3 is 5.97 Å². The molecule has 2 rings (SSSR count). The fourth-order valence-corrected chi connectivity index (χ4v) is 2.99. The Morgan fingerprint density at radius 3 is 2.26 bits per heavy atom. The molecule has 0 bridgehead atoms. The van der Waals surface area contributed by atoms with Gasteiger partial charge in [-0.15, -0.1) is 0 Å². The zero-order valence-corrected chi connectivity index (χ0v) is 14.2. The summed E-state index contributed by atoms with van der Waals surface area (Å²) in [5.41, 5.74) is 1.05. The van der Waals surface area contributed by atoms with Crippen molar-refractivity contribution in [3.63, 3.8) is 0 Å². The summed E-state index contributed by atoms with van der Waals surface area (Å²) in [5.74, 6) is -0.125. The second kappa shape index (κ2) is 8.11. The van der Waals surface area contributed by atoms with Crippen molar-refractivity contribution in [3.8, 4) is 0 Å². The van der Waals surface area contributed by atoms with Crippen molar-refractivity contribution < 1.29 is 14.3 Å². The van der Waals surface area contributed by atoms with Crippen LogP contribution in [0.1, 0.15) is 31.7 Å². The Bertz CT molecular complexity index is 524. The highest BCUT2D eigenvalue weighted by atomic mass is 16.5. The van der Waals surface area contributed by atoms with Crippen molar-refractivity contribution >= 4 is 11.9 Å². The van der Waals surface area contributed by atoms with Crippen LogP contribution in [0.5, 0.6) is 0 Å². The molecule has 1 heterocycles. The van der Waals surface area contributed by atoms with Gasteiger partial charge in [0.2, 0.25) is 5.91 Å². The molecule has 0 unspecified atom stereocenters. The van der Waals surface area contributed by atoms with E-state index < -0.39 is 0 Å². The van der Waals surface area contributed by atoms with Crippen molar-refractivity contribution in [3.05, 3.63) is 35.9 Å². The van der Waals surface area contributed by atoms with Gasteiger partial charge in [0.1, 0.15) is 0 Å². The van der Waals surface area contributed by atoms with E-state index in [1.54, 1.807) is 0 Å². The number of esters is 1. The van der Waals surface area contributed by atoms with Crippen molar-refractivity contribution in [2.24, 2.45) is 0 Å². The van der Waals surface area contributed by atoms with E-state index in [2.05, 4.69) is 4.90 Å². The van der Waals surface area contributed by atoms with Crippen molar-refractivity contribution in [1.82, 2.24) is 9.80 Å². The molecule has 0 aliphatic carbocycles. The monoisotopic (exact) mass is 318 g/mol. The van der Waals surface area contributed by atoms with Crippen molar-refractivity contribution in [2.75, 3.05) is 33.3 Å². The largest absolute Gasteiger partial charge is 0.469 e. The Morgan fingerprint density at radius 2 is 1.70 bits per heavy atom. The third-order valence-electron chi connectivity index (χ3n) is 4.61. The SMILES string of the molecule is COC(=O)C[C@@H](C)N1CCN(C(=O)[C@@H](C)c2ccccc2)CC1. The number of rotatable bonds is 5. The van der Waals surface area contributed by atoms with Crippen molar-refractivity contribution in [2.45, 2.75) is 32.2 Å². The topological polar surface area (TPSA) is 49.9 Å². The molecule has 1 aromatic rings. The molecule has 1 amide bonds.